The van der Waals surface area contributed by atoms with E-state index in [1.54, 1.807) is 0 Å². The molecule has 94 valence electrons. The van der Waals surface area contributed by atoms with Crippen LogP contribution in [0.4, 0.5) is 0 Å². The largest absolute Gasteiger partial charge is 0.329 e. The van der Waals surface area contributed by atoms with Crippen molar-refractivity contribution < 1.29 is 0 Å². The maximum atomic E-state index is 5.95. The van der Waals surface area contributed by atoms with Gasteiger partial charge >= 0.3 is 0 Å². The van der Waals surface area contributed by atoms with Crippen LogP contribution in [0.3, 0.4) is 0 Å². The second kappa shape index (κ2) is 6.39. The first-order chi connectivity index (χ1) is 8.31. The molecule has 1 fully saturated rings. The van der Waals surface area contributed by atoms with E-state index in [1.807, 2.05) is 12.1 Å². The normalized spacial score (nSPS) is 19.9. The maximum absolute atomic E-state index is 5.95. The maximum Gasteiger partial charge on any atom is 0.0470 e. The number of hydrogen-bond acceptors (Lipinski definition) is 2. The molecule has 1 aromatic carbocycles. The van der Waals surface area contributed by atoms with Crippen molar-refractivity contribution in [2.75, 3.05) is 19.6 Å². The van der Waals surface area contributed by atoms with E-state index in [-0.39, 0.29) is 0 Å². The molecule has 0 amide bonds. The van der Waals surface area contributed by atoms with Crippen LogP contribution in [0.15, 0.2) is 24.3 Å². The molecule has 1 aliphatic heterocycles. The molecule has 0 bridgehead atoms. The highest BCUT2D eigenvalue weighted by Gasteiger charge is 2.19. The first kappa shape index (κ1) is 12.9. The summed E-state index contributed by atoms with van der Waals surface area (Å²) in [5, 5.41) is 0.792. The highest BCUT2D eigenvalue weighted by molar-refractivity contribution is 6.30. The van der Waals surface area contributed by atoms with Gasteiger partial charge in [0.1, 0.15) is 0 Å². The van der Waals surface area contributed by atoms with Gasteiger partial charge in [-0.05, 0) is 43.6 Å². The Labute approximate surface area is 109 Å². The van der Waals surface area contributed by atoms with Gasteiger partial charge in [0, 0.05) is 17.6 Å². The molecule has 2 nitrogen and oxygen atoms in total. The van der Waals surface area contributed by atoms with Gasteiger partial charge < -0.3 is 5.73 Å². The molecule has 1 heterocycles. The minimum atomic E-state index is 0.352. The van der Waals surface area contributed by atoms with Crippen LogP contribution in [0.25, 0.3) is 0 Å². The van der Waals surface area contributed by atoms with Crippen molar-refractivity contribution in [1.29, 1.82) is 0 Å². The molecule has 1 atom stereocenters. The fourth-order valence-electron chi connectivity index (χ4n) is 2.59. The molecule has 0 saturated carbocycles. The van der Waals surface area contributed by atoms with Crippen LogP contribution in [-0.2, 0) is 0 Å². The van der Waals surface area contributed by atoms with E-state index < -0.39 is 0 Å². The monoisotopic (exact) mass is 252 g/mol. The molecule has 3 heteroatoms. The summed E-state index contributed by atoms with van der Waals surface area (Å²) < 4.78 is 0. The standard InChI is InChI=1S/C14H21ClN2/c15-13-7-5-12(6-8-13)14(11-16)17-9-3-1-2-4-10-17/h5-8,14H,1-4,9-11,16H2. The Morgan fingerprint density at radius 3 is 2.18 bits per heavy atom. The van der Waals surface area contributed by atoms with Gasteiger partial charge in [0.25, 0.3) is 0 Å². The van der Waals surface area contributed by atoms with Gasteiger partial charge in [0.2, 0.25) is 0 Å². The van der Waals surface area contributed by atoms with Crippen molar-refractivity contribution >= 4 is 11.6 Å². The minimum Gasteiger partial charge on any atom is -0.329 e. The summed E-state index contributed by atoms with van der Waals surface area (Å²) in [6, 6.07) is 8.47. The summed E-state index contributed by atoms with van der Waals surface area (Å²) in [7, 11) is 0. The molecule has 0 aromatic heterocycles. The number of nitrogens with two attached hydrogens (primary N) is 1. The SMILES string of the molecule is NCC(c1ccc(Cl)cc1)N1CCCCCC1. The number of halogens is 1. The van der Waals surface area contributed by atoms with E-state index in [4.69, 9.17) is 17.3 Å². The van der Waals surface area contributed by atoms with Crippen molar-refractivity contribution in [3.05, 3.63) is 34.9 Å². The second-order valence-electron chi connectivity index (χ2n) is 4.75. The fourth-order valence-corrected chi connectivity index (χ4v) is 2.71. The Bertz CT molecular complexity index is 329. The van der Waals surface area contributed by atoms with E-state index in [9.17, 15) is 0 Å². The van der Waals surface area contributed by atoms with Crippen LogP contribution in [0, 0.1) is 0 Å². The number of nitrogens with zero attached hydrogens (tertiary/aromatic N) is 1. The first-order valence-electron chi connectivity index (χ1n) is 6.51. The van der Waals surface area contributed by atoms with Crippen molar-refractivity contribution in [3.8, 4) is 0 Å². The Morgan fingerprint density at radius 2 is 1.65 bits per heavy atom. The highest BCUT2D eigenvalue weighted by atomic mass is 35.5. The zero-order valence-corrected chi connectivity index (χ0v) is 11.0. The Kier molecular flexibility index (Phi) is 4.84. The predicted molar refractivity (Wildman–Crippen MR) is 73.3 cm³/mol. The quantitative estimate of drug-likeness (QED) is 0.895. The number of rotatable bonds is 3. The van der Waals surface area contributed by atoms with Crippen LogP contribution in [0.5, 0.6) is 0 Å². The summed E-state index contributed by atoms with van der Waals surface area (Å²) in [5.41, 5.74) is 7.24. The van der Waals surface area contributed by atoms with Gasteiger partial charge in [-0.1, -0.05) is 36.6 Å². The van der Waals surface area contributed by atoms with E-state index >= 15 is 0 Å². The van der Waals surface area contributed by atoms with E-state index in [1.165, 1.54) is 44.3 Å². The molecule has 1 aromatic rings. The molecule has 17 heavy (non-hydrogen) atoms. The minimum absolute atomic E-state index is 0.352. The summed E-state index contributed by atoms with van der Waals surface area (Å²) in [6.07, 6.45) is 5.30. The predicted octanol–water partition coefficient (Wildman–Crippen LogP) is 3.22. The molecule has 0 radical (unpaired) electrons. The summed E-state index contributed by atoms with van der Waals surface area (Å²) >= 11 is 5.93. The molecule has 2 N–H and O–H groups in total. The van der Waals surface area contributed by atoms with Crippen molar-refractivity contribution in [2.45, 2.75) is 31.7 Å². The molecule has 1 unspecified atom stereocenters. The van der Waals surface area contributed by atoms with Crippen LogP contribution in [0.2, 0.25) is 5.02 Å². The lowest BCUT2D eigenvalue weighted by molar-refractivity contribution is 0.210. The lowest BCUT2D eigenvalue weighted by Crippen LogP contribution is -2.34. The van der Waals surface area contributed by atoms with Gasteiger partial charge in [-0.3, -0.25) is 4.90 Å². The van der Waals surface area contributed by atoms with Crippen LogP contribution >= 0.6 is 11.6 Å². The van der Waals surface area contributed by atoms with Crippen LogP contribution < -0.4 is 5.73 Å². The molecular formula is C14H21ClN2. The number of benzene rings is 1. The van der Waals surface area contributed by atoms with E-state index in [0.29, 0.717) is 12.6 Å². The zero-order chi connectivity index (χ0) is 12.1. The zero-order valence-electron chi connectivity index (χ0n) is 10.2. The third-order valence-electron chi connectivity index (χ3n) is 3.56. The van der Waals surface area contributed by atoms with Crippen molar-refractivity contribution in [2.24, 2.45) is 5.73 Å². The Balaban J connectivity index is 2.11. The van der Waals surface area contributed by atoms with Gasteiger partial charge in [-0.15, -0.1) is 0 Å². The highest BCUT2D eigenvalue weighted by Crippen LogP contribution is 2.24. The third kappa shape index (κ3) is 3.44. The average Bonchev–Trinajstić information content (AvgIpc) is 2.62. The molecule has 0 aliphatic carbocycles. The molecule has 2 rings (SSSR count). The second-order valence-corrected chi connectivity index (χ2v) is 5.19. The lowest BCUT2D eigenvalue weighted by Gasteiger charge is -2.30. The lowest BCUT2D eigenvalue weighted by atomic mass is 10.1. The van der Waals surface area contributed by atoms with Crippen LogP contribution in [0.1, 0.15) is 37.3 Å². The Morgan fingerprint density at radius 1 is 1.06 bits per heavy atom. The van der Waals surface area contributed by atoms with Gasteiger partial charge in [-0.25, -0.2) is 0 Å². The van der Waals surface area contributed by atoms with E-state index in [0.717, 1.165) is 5.02 Å². The van der Waals surface area contributed by atoms with Gasteiger partial charge in [0.05, 0.1) is 0 Å². The average molecular weight is 253 g/mol. The van der Waals surface area contributed by atoms with Crippen molar-refractivity contribution in [3.63, 3.8) is 0 Å². The van der Waals surface area contributed by atoms with Gasteiger partial charge in [0.15, 0.2) is 0 Å². The summed E-state index contributed by atoms with van der Waals surface area (Å²) in [4.78, 5) is 2.52. The summed E-state index contributed by atoms with van der Waals surface area (Å²) in [5.74, 6) is 0. The molecular weight excluding hydrogens is 232 g/mol. The topological polar surface area (TPSA) is 29.3 Å². The number of hydrogen-bond donors (Lipinski definition) is 1. The smallest absolute Gasteiger partial charge is 0.0470 e. The van der Waals surface area contributed by atoms with E-state index in [2.05, 4.69) is 17.0 Å². The molecule has 0 spiro atoms. The van der Waals surface area contributed by atoms with Crippen LogP contribution in [-0.4, -0.2) is 24.5 Å². The van der Waals surface area contributed by atoms with Crippen molar-refractivity contribution in [1.82, 2.24) is 4.90 Å². The fraction of sp³-hybridized carbons (Fsp3) is 0.571. The number of likely N-dealkylation sites (tertiary alicyclic amines) is 1. The molecule has 1 saturated heterocycles. The first-order valence-corrected chi connectivity index (χ1v) is 6.88. The molecule has 1 aliphatic rings. The Hall–Kier alpha value is -0.570. The van der Waals surface area contributed by atoms with Gasteiger partial charge in [-0.2, -0.15) is 0 Å². The summed E-state index contributed by atoms with van der Waals surface area (Å²) in [6.45, 7) is 3.02. The third-order valence-corrected chi connectivity index (χ3v) is 3.81.